The Bertz CT molecular complexity index is 905. The second-order valence-electron chi connectivity index (χ2n) is 6.95. The van der Waals surface area contributed by atoms with Crippen molar-refractivity contribution < 1.29 is 9.52 Å². The standard InChI is InChI=1S/C21H22O3S2/c1-2-13(11-15-5-3-9-25-15)17-12-16(22)20(21(23)24-17)19(14-7-8-14)18-6-4-10-26-18/h3-6,9-10,12-14,19,22H,2,7-8,11H2,1H3. The van der Waals surface area contributed by atoms with Crippen LogP contribution in [0.2, 0.25) is 0 Å². The molecule has 0 radical (unpaired) electrons. The minimum Gasteiger partial charge on any atom is -0.507 e. The molecule has 26 heavy (non-hydrogen) atoms. The van der Waals surface area contributed by atoms with E-state index in [1.165, 1.54) is 4.88 Å². The quantitative estimate of drug-likeness (QED) is 0.563. The minimum absolute atomic E-state index is 0.0438. The van der Waals surface area contributed by atoms with E-state index in [0.717, 1.165) is 30.6 Å². The van der Waals surface area contributed by atoms with Crippen LogP contribution in [0, 0.1) is 5.92 Å². The summed E-state index contributed by atoms with van der Waals surface area (Å²) >= 11 is 3.35. The van der Waals surface area contributed by atoms with Gasteiger partial charge in [-0.2, -0.15) is 0 Å². The molecule has 0 spiro atoms. The van der Waals surface area contributed by atoms with Gasteiger partial charge in [0.05, 0.1) is 5.56 Å². The summed E-state index contributed by atoms with van der Waals surface area (Å²) in [7, 11) is 0. The Kier molecular flexibility index (Phi) is 5.00. The van der Waals surface area contributed by atoms with Crippen molar-refractivity contribution in [1.82, 2.24) is 0 Å². The first kappa shape index (κ1) is 17.6. The zero-order chi connectivity index (χ0) is 18.1. The largest absolute Gasteiger partial charge is 0.507 e. The number of hydrogen-bond donors (Lipinski definition) is 1. The lowest BCUT2D eigenvalue weighted by Gasteiger charge is -2.18. The van der Waals surface area contributed by atoms with Crippen LogP contribution in [0.3, 0.4) is 0 Å². The molecule has 3 aromatic heterocycles. The third kappa shape index (κ3) is 3.51. The molecule has 1 saturated carbocycles. The average molecular weight is 387 g/mol. The van der Waals surface area contributed by atoms with E-state index in [4.69, 9.17) is 4.42 Å². The maximum Gasteiger partial charge on any atom is 0.343 e. The van der Waals surface area contributed by atoms with E-state index >= 15 is 0 Å². The van der Waals surface area contributed by atoms with Crippen LogP contribution in [0.1, 0.15) is 59.1 Å². The van der Waals surface area contributed by atoms with Gasteiger partial charge in [0, 0.05) is 27.7 Å². The molecule has 2 unspecified atom stereocenters. The van der Waals surface area contributed by atoms with Crippen molar-refractivity contribution in [3.05, 3.63) is 72.6 Å². The molecular formula is C21H22O3S2. The molecule has 1 N–H and O–H groups in total. The lowest BCUT2D eigenvalue weighted by atomic mass is 9.91. The van der Waals surface area contributed by atoms with Gasteiger partial charge < -0.3 is 9.52 Å². The van der Waals surface area contributed by atoms with Crippen molar-refractivity contribution >= 4 is 22.7 Å². The molecule has 3 aromatic rings. The number of thiophene rings is 2. The molecule has 3 nitrogen and oxygen atoms in total. The van der Waals surface area contributed by atoms with Gasteiger partial charge in [-0.15, -0.1) is 22.7 Å². The van der Waals surface area contributed by atoms with E-state index in [2.05, 4.69) is 18.4 Å². The molecule has 1 aliphatic carbocycles. The molecule has 3 heterocycles. The summed E-state index contributed by atoms with van der Waals surface area (Å²) in [5.74, 6) is 1.17. The van der Waals surface area contributed by atoms with Gasteiger partial charge in [0.25, 0.3) is 0 Å². The van der Waals surface area contributed by atoms with E-state index in [9.17, 15) is 9.90 Å². The SMILES string of the molecule is CCC(Cc1cccs1)c1cc(O)c(C(c2cccs2)C2CC2)c(=O)o1. The van der Waals surface area contributed by atoms with Gasteiger partial charge in [0.2, 0.25) is 0 Å². The van der Waals surface area contributed by atoms with Crippen LogP contribution in [0.4, 0.5) is 0 Å². The minimum atomic E-state index is -0.380. The highest BCUT2D eigenvalue weighted by Crippen LogP contribution is 2.49. The lowest BCUT2D eigenvalue weighted by molar-refractivity contribution is 0.380. The van der Waals surface area contributed by atoms with Crippen LogP contribution in [-0.4, -0.2) is 5.11 Å². The van der Waals surface area contributed by atoms with Crippen LogP contribution in [0.15, 0.2) is 50.3 Å². The maximum absolute atomic E-state index is 12.8. The fourth-order valence-electron chi connectivity index (χ4n) is 3.62. The molecule has 0 aromatic carbocycles. The molecule has 136 valence electrons. The second-order valence-corrected chi connectivity index (χ2v) is 8.97. The van der Waals surface area contributed by atoms with Gasteiger partial charge in [0.1, 0.15) is 11.5 Å². The molecule has 0 amide bonds. The summed E-state index contributed by atoms with van der Waals surface area (Å²) in [4.78, 5) is 15.2. The molecule has 2 atom stereocenters. The average Bonchev–Trinajstić information content (AvgIpc) is 3.09. The van der Waals surface area contributed by atoms with Crippen molar-refractivity contribution in [3.8, 4) is 5.75 Å². The molecular weight excluding hydrogens is 364 g/mol. The Hall–Kier alpha value is -1.85. The smallest absolute Gasteiger partial charge is 0.343 e. The molecule has 1 fully saturated rings. The molecule has 0 saturated heterocycles. The van der Waals surface area contributed by atoms with E-state index in [-0.39, 0.29) is 23.2 Å². The molecule has 0 bridgehead atoms. The summed E-state index contributed by atoms with van der Waals surface area (Å²) < 4.78 is 5.74. The number of hydrogen-bond acceptors (Lipinski definition) is 5. The highest BCUT2D eigenvalue weighted by molar-refractivity contribution is 7.10. The van der Waals surface area contributed by atoms with Gasteiger partial charge in [-0.05, 0) is 54.5 Å². The summed E-state index contributed by atoms with van der Waals surface area (Å²) in [6.07, 6.45) is 3.88. The Morgan fingerprint density at radius 2 is 2.00 bits per heavy atom. The fraction of sp³-hybridized carbons (Fsp3) is 0.381. The van der Waals surface area contributed by atoms with Gasteiger partial charge in [-0.25, -0.2) is 4.79 Å². The van der Waals surface area contributed by atoms with E-state index in [1.54, 1.807) is 28.7 Å². The third-order valence-electron chi connectivity index (χ3n) is 5.16. The van der Waals surface area contributed by atoms with Crippen LogP contribution in [0.5, 0.6) is 5.75 Å². The first-order valence-electron chi connectivity index (χ1n) is 9.10. The van der Waals surface area contributed by atoms with Crippen molar-refractivity contribution in [2.45, 2.75) is 44.4 Å². The molecule has 1 aliphatic rings. The number of rotatable bonds is 7. The first-order chi connectivity index (χ1) is 12.7. The van der Waals surface area contributed by atoms with Crippen molar-refractivity contribution in [2.24, 2.45) is 5.92 Å². The normalized spacial score (nSPS) is 16.5. The Labute approximate surface area is 161 Å². The highest BCUT2D eigenvalue weighted by Gasteiger charge is 2.38. The monoisotopic (exact) mass is 386 g/mol. The Morgan fingerprint density at radius 3 is 2.58 bits per heavy atom. The van der Waals surface area contributed by atoms with Gasteiger partial charge in [0.15, 0.2) is 0 Å². The van der Waals surface area contributed by atoms with Crippen LogP contribution in [-0.2, 0) is 6.42 Å². The predicted octanol–water partition coefficient (Wildman–Crippen LogP) is 5.75. The predicted molar refractivity (Wildman–Crippen MR) is 107 cm³/mol. The zero-order valence-corrected chi connectivity index (χ0v) is 16.3. The molecule has 0 aliphatic heterocycles. The summed E-state index contributed by atoms with van der Waals surface area (Å²) in [6, 6.07) is 9.86. The van der Waals surface area contributed by atoms with Crippen LogP contribution in [0.25, 0.3) is 0 Å². The molecule has 5 heteroatoms. The van der Waals surface area contributed by atoms with Crippen molar-refractivity contribution in [3.63, 3.8) is 0 Å². The van der Waals surface area contributed by atoms with E-state index < -0.39 is 0 Å². The van der Waals surface area contributed by atoms with Crippen molar-refractivity contribution in [2.75, 3.05) is 0 Å². The van der Waals surface area contributed by atoms with Crippen molar-refractivity contribution in [1.29, 1.82) is 0 Å². The maximum atomic E-state index is 12.8. The van der Waals surface area contributed by atoms with Crippen LogP contribution < -0.4 is 5.63 Å². The summed E-state index contributed by atoms with van der Waals surface area (Å²) in [5.41, 5.74) is 0.0552. The third-order valence-corrected chi connectivity index (χ3v) is 7.02. The fourth-order valence-corrected chi connectivity index (χ4v) is 5.34. The summed E-state index contributed by atoms with van der Waals surface area (Å²) in [5, 5.41) is 14.8. The van der Waals surface area contributed by atoms with Crippen LogP contribution >= 0.6 is 22.7 Å². The Morgan fingerprint density at radius 1 is 1.23 bits per heavy atom. The Balaban J connectivity index is 1.69. The lowest BCUT2D eigenvalue weighted by Crippen LogP contribution is -2.17. The van der Waals surface area contributed by atoms with E-state index in [1.807, 2.05) is 23.6 Å². The van der Waals surface area contributed by atoms with Gasteiger partial charge in [-0.3, -0.25) is 0 Å². The second kappa shape index (κ2) is 7.41. The highest BCUT2D eigenvalue weighted by atomic mass is 32.1. The number of aromatic hydroxyl groups is 1. The summed E-state index contributed by atoms with van der Waals surface area (Å²) in [6.45, 7) is 2.09. The topological polar surface area (TPSA) is 50.4 Å². The van der Waals surface area contributed by atoms with Gasteiger partial charge >= 0.3 is 5.63 Å². The molecule has 4 rings (SSSR count). The zero-order valence-electron chi connectivity index (χ0n) is 14.7. The van der Waals surface area contributed by atoms with Gasteiger partial charge in [-0.1, -0.05) is 19.1 Å². The first-order valence-corrected chi connectivity index (χ1v) is 10.9. The van der Waals surface area contributed by atoms with E-state index in [0.29, 0.717) is 17.2 Å².